The monoisotopic (exact) mass is 356 g/mol. The maximum Gasteiger partial charge on any atom is 0.251 e. The van der Waals surface area contributed by atoms with Crippen molar-refractivity contribution >= 4 is 29.2 Å². The van der Waals surface area contributed by atoms with Crippen LogP contribution in [0, 0.1) is 6.92 Å². The second-order valence-corrected chi connectivity index (χ2v) is 6.20. The molecule has 1 aliphatic heterocycles. The van der Waals surface area contributed by atoms with E-state index in [1.165, 1.54) is 0 Å². The Hall–Kier alpha value is -3.16. The molecule has 0 unspecified atom stereocenters. The molecule has 1 saturated heterocycles. The van der Waals surface area contributed by atoms with Crippen molar-refractivity contribution in [2.24, 2.45) is 0 Å². The van der Waals surface area contributed by atoms with Gasteiger partial charge in [0.05, 0.1) is 0 Å². The van der Waals surface area contributed by atoms with E-state index in [4.69, 9.17) is 4.52 Å². The molecule has 0 spiro atoms. The quantitative estimate of drug-likeness (QED) is 0.851. The van der Waals surface area contributed by atoms with Crippen LogP contribution in [0.25, 0.3) is 0 Å². The number of benzene rings is 1. The molecular formula is C18H20N4O4. The fraction of sp³-hybridized carbons (Fsp3) is 0.333. The largest absolute Gasteiger partial charge is 0.360 e. The third kappa shape index (κ3) is 3.90. The molecule has 26 heavy (non-hydrogen) atoms. The summed E-state index contributed by atoms with van der Waals surface area (Å²) in [6.07, 6.45) is 1.40. The van der Waals surface area contributed by atoms with Gasteiger partial charge in [0.25, 0.3) is 5.91 Å². The van der Waals surface area contributed by atoms with E-state index in [9.17, 15) is 14.4 Å². The first kappa shape index (κ1) is 17.7. The number of carbonyl (C=O) groups excluding carboxylic acids is 3. The number of amides is 3. The second-order valence-electron chi connectivity index (χ2n) is 6.20. The molecule has 3 rings (SSSR count). The minimum absolute atomic E-state index is 0.0931. The number of carbonyl (C=O) groups is 3. The maximum absolute atomic E-state index is 12.3. The van der Waals surface area contributed by atoms with Gasteiger partial charge < -0.3 is 20.1 Å². The average molecular weight is 356 g/mol. The van der Waals surface area contributed by atoms with Crippen LogP contribution in [0.2, 0.25) is 0 Å². The predicted octanol–water partition coefficient (Wildman–Crippen LogP) is 1.87. The van der Waals surface area contributed by atoms with E-state index in [1.54, 1.807) is 49.1 Å². The van der Waals surface area contributed by atoms with Gasteiger partial charge in [-0.2, -0.15) is 0 Å². The second kappa shape index (κ2) is 7.38. The molecule has 1 fully saturated rings. The van der Waals surface area contributed by atoms with Gasteiger partial charge in [-0.15, -0.1) is 0 Å². The Bertz CT molecular complexity index is 828. The summed E-state index contributed by atoms with van der Waals surface area (Å²) in [5, 5.41) is 8.88. The fourth-order valence-electron chi connectivity index (χ4n) is 2.72. The van der Waals surface area contributed by atoms with Gasteiger partial charge in [-0.05, 0) is 44.5 Å². The van der Waals surface area contributed by atoms with Crippen molar-refractivity contribution in [1.82, 2.24) is 10.5 Å². The van der Waals surface area contributed by atoms with Crippen LogP contribution in [0.1, 0.15) is 35.9 Å². The molecule has 2 heterocycles. The zero-order chi connectivity index (χ0) is 18.7. The molecule has 1 aromatic heterocycles. The molecule has 1 atom stereocenters. The zero-order valence-electron chi connectivity index (χ0n) is 14.6. The fourth-order valence-corrected chi connectivity index (χ4v) is 2.72. The number of hydrogen-bond acceptors (Lipinski definition) is 5. The molecule has 136 valence electrons. The third-order valence-electron chi connectivity index (χ3n) is 4.13. The van der Waals surface area contributed by atoms with Crippen LogP contribution < -0.4 is 15.5 Å². The lowest BCUT2D eigenvalue weighted by Crippen LogP contribution is -2.41. The average Bonchev–Trinajstić information content (AvgIpc) is 3.23. The molecule has 1 aliphatic rings. The van der Waals surface area contributed by atoms with Gasteiger partial charge in [0.15, 0.2) is 5.82 Å². The Labute approximate surface area is 150 Å². The van der Waals surface area contributed by atoms with Crippen molar-refractivity contribution in [3.05, 3.63) is 41.7 Å². The van der Waals surface area contributed by atoms with Crippen LogP contribution in [0.15, 0.2) is 34.9 Å². The number of nitrogens with zero attached hydrogens (tertiary/aromatic N) is 2. The molecule has 2 N–H and O–H groups in total. The van der Waals surface area contributed by atoms with Crippen molar-refractivity contribution in [2.75, 3.05) is 16.8 Å². The third-order valence-corrected chi connectivity index (χ3v) is 4.13. The lowest BCUT2D eigenvalue weighted by molar-refractivity contribution is -0.118. The van der Waals surface area contributed by atoms with E-state index in [0.717, 1.165) is 12.1 Å². The molecule has 0 radical (unpaired) electrons. The van der Waals surface area contributed by atoms with Crippen molar-refractivity contribution in [2.45, 2.75) is 32.7 Å². The van der Waals surface area contributed by atoms with Crippen molar-refractivity contribution in [3.8, 4) is 0 Å². The highest BCUT2D eigenvalue weighted by Gasteiger charge is 2.22. The Morgan fingerprint density at radius 2 is 2.00 bits per heavy atom. The first-order valence-electron chi connectivity index (χ1n) is 8.39. The first-order valence-corrected chi connectivity index (χ1v) is 8.39. The van der Waals surface area contributed by atoms with Crippen LogP contribution in [0.5, 0.6) is 0 Å². The van der Waals surface area contributed by atoms with Crippen molar-refractivity contribution < 1.29 is 18.9 Å². The molecule has 3 amide bonds. The van der Waals surface area contributed by atoms with E-state index in [-0.39, 0.29) is 11.8 Å². The highest BCUT2D eigenvalue weighted by molar-refractivity contribution is 6.01. The predicted molar refractivity (Wildman–Crippen MR) is 94.8 cm³/mol. The molecular weight excluding hydrogens is 336 g/mol. The summed E-state index contributed by atoms with van der Waals surface area (Å²) in [5.74, 6) is 0.201. The highest BCUT2D eigenvalue weighted by Crippen LogP contribution is 2.21. The van der Waals surface area contributed by atoms with Gasteiger partial charge in [-0.3, -0.25) is 14.4 Å². The Kier molecular flexibility index (Phi) is 5.01. The Balaban J connectivity index is 1.58. The van der Waals surface area contributed by atoms with Crippen molar-refractivity contribution in [1.29, 1.82) is 0 Å². The molecule has 0 saturated carbocycles. The van der Waals surface area contributed by atoms with Gasteiger partial charge in [-0.25, -0.2) is 0 Å². The number of aromatic nitrogens is 1. The van der Waals surface area contributed by atoms with Crippen LogP contribution in [0.4, 0.5) is 11.5 Å². The van der Waals surface area contributed by atoms with Gasteiger partial charge in [0.2, 0.25) is 11.8 Å². The first-order chi connectivity index (χ1) is 12.4. The number of rotatable bonds is 5. The van der Waals surface area contributed by atoms with Gasteiger partial charge in [0, 0.05) is 30.3 Å². The van der Waals surface area contributed by atoms with Gasteiger partial charge >= 0.3 is 0 Å². The zero-order valence-corrected chi connectivity index (χ0v) is 14.6. The summed E-state index contributed by atoms with van der Waals surface area (Å²) in [5.41, 5.74) is 1.19. The van der Waals surface area contributed by atoms with E-state index in [2.05, 4.69) is 15.8 Å². The minimum Gasteiger partial charge on any atom is -0.360 e. The molecule has 1 aromatic carbocycles. The topological polar surface area (TPSA) is 105 Å². The lowest BCUT2D eigenvalue weighted by atomic mass is 10.1. The van der Waals surface area contributed by atoms with Crippen LogP contribution in [-0.2, 0) is 9.59 Å². The smallest absolute Gasteiger partial charge is 0.251 e. The van der Waals surface area contributed by atoms with E-state index in [1.807, 2.05) is 0 Å². The van der Waals surface area contributed by atoms with Gasteiger partial charge in [0.1, 0.15) is 11.8 Å². The maximum atomic E-state index is 12.3. The number of hydrogen-bond donors (Lipinski definition) is 2. The van der Waals surface area contributed by atoms with Gasteiger partial charge in [-0.1, -0.05) is 5.16 Å². The summed E-state index contributed by atoms with van der Waals surface area (Å²) in [7, 11) is 0. The molecule has 0 aliphatic carbocycles. The van der Waals surface area contributed by atoms with E-state index >= 15 is 0 Å². The van der Waals surface area contributed by atoms with Crippen LogP contribution >= 0.6 is 0 Å². The summed E-state index contributed by atoms with van der Waals surface area (Å²) in [6.45, 7) is 3.99. The lowest BCUT2D eigenvalue weighted by Gasteiger charge is -2.16. The van der Waals surface area contributed by atoms with Crippen LogP contribution in [0.3, 0.4) is 0 Å². The summed E-state index contributed by atoms with van der Waals surface area (Å²) in [4.78, 5) is 37.9. The minimum atomic E-state index is -0.751. The Morgan fingerprint density at radius 3 is 2.58 bits per heavy atom. The standard InChI is InChI=1S/C18H20N4O4/c1-11-10-15(21-26-11)20-17(24)12(2)19-18(25)13-5-7-14(8-6-13)22-9-3-4-16(22)23/h5-8,10,12H,3-4,9H2,1-2H3,(H,19,25)(H,20,21,24)/t12-/m0/s1. The molecule has 8 heteroatoms. The highest BCUT2D eigenvalue weighted by atomic mass is 16.5. The normalized spacial score (nSPS) is 15.0. The number of anilines is 2. The van der Waals surface area contributed by atoms with Crippen molar-refractivity contribution in [3.63, 3.8) is 0 Å². The SMILES string of the molecule is Cc1cc(NC(=O)[C@H](C)NC(=O)c2ccc(N3CCCC3=O)cc2)no1. The molecule has 2 aromatic rings. The summed E-state index contributed by atoms with van der Waals surface area (Å²) in [6, 6.07) is 7.59. The van der Waals surface area contributed by atoms with E-state index < -0.39 is 11.9 Å². The Morgan fingerprint density at radius 1 is 1.27 bits per heavy atom. The molecule has 8 nitrogen and oxygen atoms in total. The summed E-state index contributed by atoms with van der Waals surface area (Å²) >= 11 is 0. The number of nitrogens with one attached hydrogen (secondary N) is 2. The van der Waals surface area contributed by atoms with E-state index in [0.29, 0.717) is 30.1 Å². The number of aryl methyl sites for hydroxylation is 1. The summed E-state index contributed by atoms with van der Waals surface area (Å²) < 4.78 is 4.88. The van der Waals surface area contributed by atoms with Crippen LogP contribution in [-0.4, -0.2) is 35.5 Å². The molecule has 0 bridgehead atoms.